The molecule has 0 fully saturated rings. The number of hydrogen-bond donors (Lipinski definition) is 2. The molecule has 0 aliphatic carbocycles. The number of rotatable bonds is 4. The van der Waals surface area contributed by atoms with Gasteiger partial charge >= 0.3 is 0 Å². The van der Waals surface area contributed by atoms with Gasteiger partial charge in [-0.15, -0.1) is 11.3 Å². The lowest BCUT2D eigenvalue weighted by Gasteiger charge is -2.15. The van der Waals surface area contributed by atoms with Crippen molar-refractivity contribution in [3.05, 3.63) is 45.9 Å². The number of aromatic nitrogens is 1. The molecule has 1 amide bonds. The van der Waals surface area contributed by atoms with Gasteiger partial charge in [-0.2, -0.15) is 0 Å². The molecular weight excluding hydrogens is 282 g/mol. The zero-order valence-corrected chi connectivity index (χ0v) is 13.0. The molecule has 1 aromatic carbocycles. The van der Waals surface area contributed by atoms with Crippen LogP contribution in [0.25, 0.3) is 0 Å². The maximum absolute atomic E-state index is 12.5. The lowest BCUT2D eigenvalue weighted by molar-refractivity contribution is -0.122. The zero-order valence-electron chi connectivity index (χ0n) is 12.2. The summed E-state index contributed by atoms with van der Waals surface area (Å²) < 4.78 is 0. The Morgan fingerprint density at radius 1 is 1.52 bits per heavy atom. The van der Waals surface area contributed by atoms with Crippen LogP contribution in [0.15, 0.2) is 30.5 Å². The van der Waals surface area contributed by atoms with Crippen molar-refractivity contribution in [3.8, 4) is 0 Å². The molecule has 21 heavy (non-hydrogen) atoms. The second kappa shape index (κ2) is 5.85. The minimum atomic E-state index is -0.116. The Hall–Kier alpha value is -1.88. The number of aryl methyl sites for hydroxylation is 1. The van der Waals surface area contributed by atoms with Crippen molar-refractivity contribution in [1.82, 2.24) is 10.3 Å². The fraction of sp³-hybridized carbons (Fsp3) is 0.375. The van der Waals surface area contributed by atoms with Crippen LogP contribution in [-0.2, 0) is 11.2 Å². The molecule has 2 unspecified atom stereocenters. The van der Waals surface area contributed by atoms with Gasteiger partial charge in [0.25, 0.3) is 0 Å². The van der Waals surface area contributed by atoms with Crippen LogP contribution in [0.4, 0.5) is 5.69 Å². The van der Waals surface area contributed by atoms with Crippen LogP contribution < -0.4 is 10.6 Å². The first-order valence-corrected chi connectivity index (χ1v) is 8.08. The third kappa shape index (κ3) is 2.78. The number of fused-ring (bicyclic) bond motifs is 1. The smallest absolute Gasteiger partial charge is 0.229 e. The van der Waals surface area contributed by atoms with Crippen LogP contribution in [0.3, 0.4) is 0 Å². The minimum absolute atomic E-state index is 0.0458. The number of hydrogen-bond acceptors (Lipinski definition) is 4. The molecule has 4 nitrogen and oxygen atoms in total. The lowest BCUT2D eigenvalue weighted by atomic mass is 10.0. The molecule has 1 aliphatic rings. The largest absolute Gasteiger partial charge is 0.384 e. The normalized spacial score (nSPS) is 17.9. The van der Waals surface area contributed by atoms with Crippen LogP contribution in [0.5, 0.6) is 0 Å². The second-order valence-corrected chi connectivity index (χ2v) is 6.42. The van der Waals surface area contributed by atoms with Crippen molar-refractivity contribution in [1.29, 1.82) is 0 Å². The zero-order chi connectivity index (χ0) is 14.8. The third-order valence-corrected chi connectivity index (χ3v) is 5.12. The van der Waals surface area contributed by atoms with Gasteiger partial charge in [0.1, 0.15) is 5.01 Å². The molecule has 110 valence electrons. The first-order valence-electron chi connectivity index (χ1n) is 7.26. The summed E-state index contributed by atoms with van der Waals surface area (Å²) in [6.07, 6.45) is 2.88. The molecule has 2 atom stereocenters. The van der Waals surface area contributed by atoms with Gasteiger partial charge < -0.3 is 10.6 Å². The molecule has 2 N–H and O–H groups in total. The lowest BCUT2D eigenvalue weighted by Crippen LogP contribution is -2.32. The Kier molecular flexibility index (Phi) is 3.92. The predicted octanol–water partition coefficient (Wildman–Crippen LogP) is 3.09. The number of benzene rings is 1. The highest BCUT2D eigenvalue weighted by Gasteiger charge is 2.29. The van der Waals surface area contributed by atoms with Gasteiger partial charge in [-0.3, -0.25) is 4.79 Å². The average molecular weight is 301 g/mol. The van der Waals surface area contributed by atoms with Gasteiger partial charge in [-0.1, -0.05) is 25.1 Å². The Bertz CT molecular complexity index is 652. The number of anilines is 1. The molecule has 0 bridgehead atoms. The number of carbonyl (C=O) groups excluding carboxylic acids is 1. The van der Waals surface area contributed by atoms with Crippen LogP contribution >= 0.6 is 11.3 Å². The molecule has 2 heterocycles. The van der Waals surface area contributed by atoms with Gasteiger partial charge in [0.05, 0.1) is 12.0 Å². The van der Waals surface area contributed by atoms with Crippen LogP contribution in [-0.4, -0.2) is 17.4 Å². The van der Waals surface area contributed by atoms with Crippen molar-refractivity contribution < 1.29 is 4.79 Å². The fourth-order valence-corrected chi connectivity index (χ4v) is 3.44. The summed E-state index contributed by atoms with van der Waals surface area (Å²) in [4.78, 5) is 18.1. The highest BCUT2D eigenvalue weighted by molar-refractivity contribution is 7.11. The molecule has 0 radical (unpaired) electrons. The van der Waals surface area contributed by atoms with E-state index < -0.39 is 0 Å². The van der Waals surface area contributed by atoms with E-state index in [1.807, 2.05) is 37.4 Å². The number of carbonyl (C=O) groups is 1. The Morgan fingerprint density at radius 2 is 2.33 bits per heavy atom. The third-order valence-electron chi connectivity index (χ3n) is 3.80. The molecule has 2 aromatic rings. The summed E-state index contributed by atoms with van der Waals surface area (Å²) >= 11 is 1.67. The maximum atomic E-state index is 12.5. The average Bonchev–Trinajstić information content (AvgIpc) is 3.14. The highest BCUT2D eigenvalue weighted by atomic mass is 32.1. The maximum Gasteiger partial charge on any atom is 0.229 e. The Labute approximate surface area is 128 Å². The van der Waals surface area contributed by atoms with Crippen LogP contribution in [0.1, 0.15) is 41.3 Å². The van der Waals surface area contributed by atoms with Crippen molar-refractivity contribution in [2.75, 3.05) is 11.9 Å². The number of thiazole rings is 1. The molecule has 0 saturated heterocycles. The second-order valence-electron chi connectivity index (χ2n) is 5.27. The summed E-state index contributed by atoms with van der Waals surface area (Å²) in [7, 11) is 0. The van der Waals surface area contributed by atoms with E-state index >= 15 is 0 Å². The van der Waals surface area contributed by atoms with Crippen molar-refractivity contribution in [2.24, 2.45) is 0 Å². The SMILES string of the molecule is CCc1cnc(C(C)NC(=O)C2CNc3ccccc32)s1. The first-order chi connectivity index (χ1) is 10.2. The molecule has 5 heteroatoms. The van der Waals surface area contributed by atoms with E-state index in [-0.39, 0.29) is 17.9 Å². The van der Waals surface area contributed by atoms with Crippen LogP contribution in [0, 0.1) is 0 Å². The number of nitrogens with one attached hydrogen (secondary N) is 2. The first kappa shape index (κ1) is 14.1. The summed E-state index contributed by atoms with van der Waals surface area (Å²) in [5, 5.41) is 7.34. The van der Waals surface area contributed by atoms with E-state index in [1.54, 1.807) is 11.3 Å². The Morgan fingerprint density at radius 3 is 3.10 bits per heavy atom. The molecule has 3 rings (SSSR count). The van der Waals surface area contributed by atoms with E-state index in [0.717, 1.165) is 22.7 Å². The minimum Gasteiger partial charge on any atom is -0.384 e. The molecular formula is C16H19N3OS. The van der Waals surface area contributed by atoms with Crippen molar-refractivity contribution in [2.45, 2.75) is 32.2 Å². The quantitative estimate of drug-likeness (QED) is 0.912. The van der Waals surface area contributed by atoms with Gasteiger partial charge in [-0.05, 0) is 25.0 Å². The van der Waals surface area contributed by atoms with E-state index in [4.69, 9.17) is 0 Å². The summed E-state index contributed by atoms with van der Waals surface area (Å²) in [6.45, 7) is 4.77. The van der Waals surface area contributed by atoms with Crippen molar-refractivity contribution >= 4 is 22.9 Å². The molecule has 0 saturated carbocycles. The van der Waals surface area contributed by atoms with E-state index in [1.165, 1.54) is 4.88 Å². The van der Waals surface area contributed by atoms with Gasteiger partial charge in [0.2, 0.25) is 5.91 Å². The monoisotopic (exact) mass is 301 g/mol. The Balaban J connectivity index is 1.69. The number of para-hydroxylation sites is 1. The summed E-state index contributed by atoms with van der Waals surface area (Å²) in [6, 6.07) is 7.94. The van der Waals surface area contributed by atoms with Crippen molar-refractivity contribution in [3.63, 3.8) is 0 Å². The van der Waals surface area contributed by atoms with Gasteiger partial charge in [0, 0.05) is 23.3 Å². The van der Waals surface area contributed by atoms with Crippen LogP contribution in [0.2, 0.25) is 0 Å². The standard InChI is InChI=1S/C16H19N3OS/c1-3-11-8-18-16(21-11)10(2)19-15(20)13-9-17-14-7-5-4-6-12(13)14/h4-8,10,13,17H,3,9H2,1-2H3,(H,19,20). The predicted molar refractivity (Wildman–Crippen MR) is 85.7 cm³/mol. The summed E-state index contributed by atoms with van der Waals surface area (Å²) in [5.74, 6) is -0.0533. The number of nitrogens with zero attached hydrogens (tertiary/aromatic N) is 1. The van der Waals surface area contributed by atoms with Gasteiger partial charge in [-0.25, -0.2) is 4.98 Å². The number of amides is 1. The molecule has 1 aromatic heterocycles. The van der Waals surface area contributed by atoms with E-state index in [2.05, 4.69) is 22.5 Å². The van der Waals surface area contributed by atoms with Gasteiger partial charge in [0.15, 0.2) is 0 Å². The van der Waals surface area contributed by atoms with E-state index in [9.17, 15) is 4.79 Å². The molecule has 0 spiro atoms. The molecule has 1 aliphatic heterocycles. The van der Waals surface area contributed by atoms with E-state index in [0.29, 0.717) is 6.54 Å². The summed E-state index contributed by atoms with van der Waals surface area (Å²) in [5.41, 5.74) is 2.14. The fourth-order valence-electron chi connectivity index (χ4n) is 2.58. The highest BCUT2D eigenvalue weighted by Crippen LogP contribution is 2.31. The topological polar surface area (TPSA) is 54.0 Å².